The molecule has 0 radical (unpaired) electrons. The van der Waals surface area contributed by atoms with Crippen LogP contribution >= 0.6 is 13.4 Å². The quantitative estimate of drug-likeness (QED) is 0.184. The Hall–Kier alpha value is 0.903. The molecule has 0 atom stereocenters. The second-order valence-corrected chi connectivity index (χ2v) is 12.3. The molecule has 149 valence electrons. The summed E-state index contributed by atoms with van der Waals surface area (Å²) in [5.74, 6) is 0. The van der Waals surface area contributed by atoms with Crippen LogP contribution < -0.4 is 4.16 Å². The van der Waals surface area contributed by atoms with Gasteiger partial charge < -0.3 is 29.4 Å². The van der Waals surface area contributed by atoms with Gasteiger partial charge in [0.1, 0.15) is 0 Å². The van der Waals surface area contributed by atoms with Crippen molar-refractivity contribution in [1.82, 2.24) is 0 Å². The molecule has 26 heavy (non-hydrogen) atoms. The van der Waals surface area contributed by atoms with Crippen LogP contribution in [-0.2, 0) is 48.3 Å². The molecule has 0 aliphatic heterocycles. The molecule has 0 amide bonds. The van der Waals surface area contributed by atoms with E-state index in [0.717, 1.165) is 0 Å². The zero-order valence-corrected chi connectivity index (χ0v) is 21.5. The van der Waals surface area contributed by atoms with Crippen molar-refractivity contribution >= 4 is 41.2 Å². The first-order chi connectivity index (χ1) is 11.8. The zero-order chi connectivity index (χ0) is 20.6. The van der Waals surface area contributed by atoms with Gasteiger partial charge in [-0.15, -0.1) is 0 Å². The van der Waals surface area contributed by atoms with Gasteiger partial charge in [-0.25, -0.2) is 0 Å². The molecule has 0 saturated carbocycles. The molecular formula is C15H29O6P2S2Zn. The molecule has 1 aromatic rings. The van der Waals surface area contributed by atoms with E-state index in [0.29, 0.717) is 0 Å². The summed E-state index contributed by atoms with van der Waals surface area (Å²) < 4.78 is 1.58. The summed E-state index contributed by atoms with van der Waals surface area (Å²) in [7, 11) is 0. The van der Waals surface area contributed by atoms with Crippen LogP contribution in [0.1, 0.15) is 57.4 Å². The van der Waals surface area contributed by atoms with Crippen LogP contribution in [0.25, 0.3) is 0 Å². The first-order valence-corrected chi connectivity index (χ1v) is 15.1. The minimum atomic E-state index is -3.81. The van der Waals surface area contributed by atoms with Crippen molar-refractivity contribution in [2.45, 2.75) is 58.3 Å². The molecule has 11 heteroatoms. The number of aryl methyl sites for hydroxylation is 1. The van der Waals surface area contributed by atoms with E-state index in [1.165, 1.54) is 69.7 Å². The molecule has 0 unspecified atom stereocenters. The number of benzene rings is 1. The Morgan fingerprint density at radius 2 is 1.15 bits per heavy atom. The number of hydrogen-bond donors (Lipinski definition) is 6. The van der Waals surface area contributed by atoms with Gasteiger partial charge >= 0.3 is 124 Å². The number of hydrogen-bond acceptors (Lipinski definition) is 2. The molecule has 0 saturated heterocycles. The van der Waals surface area contributed by atoms with E-state index >= 15 is 0 Å². The minimum Gasteiger partial charge on any atom is -0.325 e. The predicted octanol–water partition coefficient (Wildman–Crippen LogP) is 2.53. The molecule has 0 heterocycles. The summed E-state index contributed by atoms with van der Waals surface area (Å²) in [6.45, 7) is -5.33. The maximum Gasteiger partial charge on any atom is 0.319 e. The van der Waals surface area contributed by atoms with E-state index in [2.05, 4.69) is 54.8 Å². The van der Waals surface area contributed by atoms with Gasteiger partial charge in [0.25, 0.3) is 0 Å². The van der Waals surface area contributed by atoms with E-state index in [1.54, 1.807) is 9.72 Å². The normalized spacial score (nSPS) is 11.1. The fraction of sp³-hybridized carbons (Fsp3) is 0.600. The van der Waals surface area contributed by atoms with Gasteiger partial charge in [0.05, 0.1) is 0 Å². The SMILES string of the molecule is CCCCCCCCCc1cccc[c]1[Zn].OP(O)(O)=S.OP(O)(O)=S. The van der Waals surface area contributed by atoms with Crippen LogP contribution in [0.15, 0.2) is 24.3 Å². The van der Waals surface area contributed by atoms with Crippen molar-refractivity contribution in [3.63, 3.8) is 0 Å². The van der Waals surface area contributed by atoms with Gasteiger partial charge in [-0.1, -0.05) is 0 Å². The average Bonchev–Trinajstić information content (AvgIpc) is 2.45. The molecule has 1 aromatic carbocycles. The van der Waals surface area contributed by atoms with E-state index in [4.69, 9.17) is 29.4 Å². The van der Waals surface area contributed by atoms with Crippen LogP contribution in [0.5, 0.6) is 0 Å². The van der Waals surface area contributed by atoms with Crippen LogP contribution in [-0.4, -0.2) is 29.4 Å². The van der Waals surface area contributed by atoms with Gasteiger partial charge in [0.15, 0.2) is 0 Å². The third kappa shape index (κ3) is 32.6. The van der Waals surface area contributed by atoms with Crippen LogP contribution in [0.2, 0.25) is 0 Å². The summed E-state index contributed by atoms with van der Waals surface area (Å²) in [5, 5.41) is 0. The van der Waals surface area contributed by atoms with Crippen molar-refractivity contribution in [3.05, 3.63) is 29.8 Å². The molecule has 0 fully saturated rings. The van der Waals surface area contributed by atoms with Gasteiger partial charge in [-0.3, -0.25) is 0 Å². The van der Waals surface area contributed by atoms with Crippen molar-refractivity contribution in [3.8, 4) is 0 Å². The van der Waals surface area contributed by atoms with Gasteiger partial charge in [-0.05, 0) is 23.6 Å². The van der Waals surface area contributed by atoms with E-state index in [1.807, 2.05) is 0 Å². The smallest absolute Gasteiger partial charge is 0.319 e. The summed E-state index contributed by atoms with van der Waals surface area (Å²) >= 11 is 8.51. The Balaban J connectivity index is 0. The summed E-state index contributed by atoms with van der Waals surface area (Å²) in [4.78, 5) is 45.3. The van der Waals surface area contributed by atoms with Gasteiger partial charge in [0.2, 0.25) is 0 Å². The van der Waals surface area contributed by atoms with Crippen molar-refractivity contribution in [2.24, 2.45) is 0 Å². The summed E-state index contributed by atoms with van der Waals surface area (Å²) in [6, 6.07) is 8.91. The van der Waals surface area contributed by atoms with Crippen molar-refractivity contribution in [2.75, 3.05) is 0 Å². The Morgan fingerprint density at radius 1 is 0.769 bits per heavy atom. The summed E-state index contributed by atoms with van der Waals surface area (Å²) in [6.07, 6.45) is 11.2. The molecule has 0 aliphatic carbocycles. The number of rotatable bonds is 8. The molecule has 0 bridgehead atoms. The topological polar surface area (TPSA) is 121 Å². The third-order valence-electron chi connectivity index (χ3n) is 3.17. The van der Waals surface area contributed by atoms with E-state index < -0.39 is 13.4 Å². The predicted molar refractivity (Wildman–Crippen MR) is 110 cm³/mol. The first-order valence-electron chi connectivity index (χ1n) is 8.31. The molecular weight excluding hydrogens is 468 g/mol. The maximum atomic E-state index is 7.56. The third-order valence-corrected chi connectivity index (χ3v) is 4.62. The largest absolute Gasteiger partial charge is 0.325 e. The standard InChI is InChI=1S/C15H23.2H3O3PS.Zn/c1-2-3-4-5-6-7-9-12-15-13-10-8-11-14-15;2*1-4(2,3)5;/h8,10-11,13H,2-7,9,12H2,1H3;2*(H3,1,2,3,5);. The molecule has 1 rings (SSSR count). The molecule has 0 spiro atoms. The minimum absolute atomic E-state index is 1.30. The van der Waals surface area contributed by atoms with Crippen LogP contribution in [0.3, 0.4) is 0 Å². The fourth-order valence-electron chi connectivity index (χ4n) is 2.07. The first kappa shape index (κ1) is 29.1. The summed E-state index contributed by atoms with van der Waals surface area (Å²) in [5.41, 5.74) is 1.59. The van der Waals surface area contributed by atoms with Crippen LogP contribution in [0, 0.1) is 0 Å². The van der Waals surface area contributed by atoms with E-state index in [9.17, 15) is 0 Å². The van der Waals surface area contributed by atoms with Crippen molar-refractivity contribution in [1.29, 1.82) is 0 Å². The Morgan fingerprint density at radius 3 is 1.58 bits per heavy atom. The van der Waals surface area contributed by atoms with E-state index in [-0.39, 0.29) is 0 Å². The zero-order valence-electron chi connectivity index (χ0n) is 15.1. The van der Waals surface area contributed by atoms with Gasteiger partial charge in [0, 0.05) is 0 Å². The molecule has 0 aliphatic rings. The second-order valence-electron chi connectivity index (χ2n) is 5.67. The molecule has 6 nitrogen and oxygen atoms in total. The molecule has 0 aromatic heterocycles. The van der Waals surface area contributed by atoms with Crippen molar-refractivity contribution < 1.29 is 47.7 Å². The molecule has 6 N–H and O–H groups in total. The monoisotopic (exact) mass is 495 g/mol. The Labute approximate surface area is 176 Å². The Kier molecular flexibility index (Phi) is 18.8. The average molecular weight is 497 g/mol. The fourth-order valence-corrected chi connectivity index (χ4v) is 2.98. The Bertz CT molecular complexity index is 528. The maximum absolute atomic E-state index is 7.56. The van der Waals surface area contributed by atoms with Gasteiger partial charge in [-0.2, -0.15) is 0 Å². The number of unbranched alkanes of at least 4 members (excludes halogenated alkanes) is 6. The second kappa shape index (κ2) is 16.8. The van der Waals surface area contributed by atoms with Crippen LogP contribution in [0.4, 0.5) is 0 Å².